The van der Waals surface area contributed by atoms with Crippen LogP contribution >= 0.6 is 0 Å². The zero-order valence-corrected chi connectivity index (χ0v) is 11.0. The standard InChI is InChI=1S/C13H18N4O2/c1-2-19-13(18)17-8-6-16(7-9-17)12(10-14)11-4-3-5-15-11/h3-5,12,15H,2,6-9H2,1H3. The summed E-state index contributed by atoms with van der Waals surface area (Å²) in [6, 6.07) is 5.82. The number of H-pyrrole nitrogens is 1. The summed E-state index contributed by atoms with van der Waals surface area (Å²) in [7, 11) is 0. The molecule has 0 radical (unpaired) electrons. The van der Waals surface area contributed by atoms with Crippen molar-refractivity contribution in [3.63, 3.8) is 0 Å². The Morgan fingerprint density at radius 2 is 2.26 bits per heavy atom. The van der Waals surface area contributed by atoms with Gasteiger partial charge < -0.3 is 14.6 Å². The molecule has 0 saturated carbocycles. The zero-order chi connectivity index (χ0) is 13.7. The average Bonchev–Trinajstić information content (AvgIpc) is 2.95. The van der Waals surface area contributed by atoms with Crippen molar-refractivity contribution in [2.24, 2.45) is 0 Å². The zero-order valence-electron chi connectivity index (χ0n) is 11.0. The van der Waals surface area contributed by atoms with E-state index in [1.807, 2.05) is 18.3 Å². The molecule has 1 aromatic heterocycles. The molecule has 0 bridgehead atoms. The molecule has 0 aromatic carbocycles. The molecule has 6 heteroatoms. The Hall–Kier alpha value is -2.00. The van der Waals surface area contributed by atoms with Crippen LogP contribution in [0.2, 0.25) is 0 Å². The molecule has 6 nitrogen and oxygen atoms in total. The number of rotatable bonds is 3. The number of carbonyl (C=O) groups excluding carboxylic acids is 1. The van der Waals surface area contributed by atoms with E-state index in [4.69, 9.17) is 4.74 Å². The van der Waals surface area contributed by atoms with Gasteiger partial charge in [-0.2, -0.15) is 5.26 Å². The average molecular weight is 262 g/mol. The molecule has 1 aromatic rings. The SMILES string of the molecule is CCOC(=O)N1CCN(C(C#N)c2ccc[nH]2)CC1. The Bertz CT molecular complexity index is 444. The number of nitrogens with one attached hydrogen (secondary N) is 1. The van der Waals surface area contributed by atoms with Crippen molar-refractivity contribution in [3.05, 3.63) is 24.0 Å². The van der Waals surface area contributed by atoms with Gasteiger partial charge in [0.25, 0.3) is 0 Å². The topological polar surface area (TPSA) is 72.4 Å². The Labute approximate surface area is 112 Å². The van der Waals surface area contributed by atoms with Crippen molar-refractivity contribution in [2.75, 3.05) is 32.8 Å². The van der Waals surface area contributed by atoms with Crippen LogP contribution in [0.3, 0.4) is 0 Å². The first-order chi connectivity index (χ1) is 9.26. The first-order valence-corrected chi connectivity index (χ1v) is 6.45. The lowest BCUT2D eigenvalue weighted by atomic mass is 10.1. The number of hydrogen-bond acceptors (Lipinski definition) is 4. The van der Waals surface area contributed by atoms with E-state index in [1.54, 1.807) is 11.8 Å². The fraction of sp³-hybridized carbons (Fsp3) is 0.538. The van der Waals surface area contributed by atoms with E-state index >= 15 is 0 Å². The van der Waals surface area contributed by atoms with Crippen LogP contribution in [0, 0.1) is 11.3 Å². The largest absolute Gasteiger partial charge is 0.450 e. The van der Waals surface area contributed by atoms with E-state index in [2.05, 4.69) is 16.0 Å². The van der Waals surface area contributed by atoms with Crippen LogP contribution in [0.25, 0.3) is 0 Å². The summed E-state index contributed by atoms with van der Waals surface area (Å²) in [6.07, 6.45) is 1.55. The van der Waals surface area contributed by atoms with Gasteiger partial charge in [0.1, 0.15) is 6.04 Å². The third-order valence-electron chi connectivity index (χ3n) is 3.24. The van der Waals surface area contributed by atoms with Crippen LogP contribution in [0.5, 0.6) is 0 Å². The van der Waals surface area contributed by atoms with Crippen molar-refractivity contribution >= 4 is 6.09 Å². The Kier molecular flexibility index (Phi) is 4.42. The molecule has 2 rings (SSSR count). The summed E-state index contributed by atoms with van der Waals surface area (Å²) < 4.78 is 4.97. The maximum atomic E-state index is 11.6. The van der Waals surface area contributed by atoms with Gasteiger partial charge in [0.05, 0.1) is 12.7 Å². The van der Waals surface area contributed by atoms with Gasteiger partial charge in [-0.05, 0) is 19.1 Å². The maximum Gasteiger partial charge on any atom is 0.409 e. The number of aromatic amines is 1. The summed E-state index contributed by atoms with van der Waals surface area (Å²) >= 11 is 0. The molecule has 1 unspecified atom stereocenters. The molecule has 1 atom stereocenters. The predicted octanol–water partition coefficient (Wildman–Crippen LogP) is 1.35. The molecule has 1 fully saturated rings. The fourth-order valence-electron chi connectivity index (χ4n) is 2.24. The van der Waals surface area contributed by atoms with Gasteiger partial charge in [-0.25, -0.2) is 4.79 Å². The van der Waals surface area contributed by atoms with Crippen LogP contribution < -0.4 is 0 Å². The molecule has 0 aliphatic carbocycles. The maximum absolute atomic E-state index is 11.6. The van der Waals surface area contributed by atoms with Gasteiger partial charge in [0.15, 0.2) is 0 Å². The number of aromatic nitrogens is 1. The monoisotopic (exact) mass is 262 g/mol. The number of piperazine rings is 1. The fourth-order valence-corrected chi connectivity index (χ4v) is 2.24. The molecule has 19 heavy (non-hydrogen) atoms. The second-order valence-corrected chi connectivity index (χ2v) is 4.38. The van der Waals surface area contributed by atoms with Crippen molar-refractivity contribution in [2.45, 2.75) is 13.0 Å². The highest BCUT2D eigenvalue weighted by Crippen LogP contribution is 2.20. The van der Waals surface area contributed by atoms with E-state index < -0.39 is 0 Å². The van der Waals surface area contributed by atoms with Crippen LogP contribution in [0.15, 0.2) is 18.3 Å². The van der Waals surface area contributed by atoms with Gasteiger partial charge in [-0.1, -0.05) is 0 Å². The van der Waals surface area contributed by atoms with Crippen molar-refractivity contribution in [3.8, 4) is 6.07 Å². The van der Waals surface area contributed by atoms with Crippen molar-refractivity contribution < 1.29 is 9.53 Å². The highest BCUT2D eigenvalue weighted by atomic mass is 16.6. The number of amides is 1. The van der Waals surface area contributed by atoms with E-state index in [0.29, 0.717) is 32.8 Å². The summed E-state index contributed by atoms with van der Waals surface area (Å²) in [5.74, 6) is 0. The third kappa shape index (κ3) is 3.06. The van der Waals surface area contributed by atoms with E-state index in [-0.39, 0.29) is 12.1 Å². The number of ether oxygens (including phenoxy) is 1. The number of nitrogens with zero attached hydrogens (tertiary/aromatic N) is 3. The number of nitriles is 1. The predicted molar refractivity (Wildman–Crippen MR) is 69.3 cm³/mol. The first kappa shape index (κ1) is 13.4. The molecule has 1 aliphatic rings. The third-order valence-corrected chi connectivity index (χ3v) is 3.24. The van der Waals surface area contributed by atoms with Crippen molar-refractivity contribution in [1.29, 1.82) is 5.26 Å². The van der Waals surface area contributed by atoms with E-state index in [0.717, 1.165) is 5.69 Å². The molecule has 1 amide bonds. The van der Waals surface area contributed by atoms with Crippen LogP contribution in [0.1, 0.15) is 18.7 Å². The van der Waals surface area contributed by atoms with E-state index in [9.17, 15) is 10.1 Å². The molecule has 0 spiro atoms. The van der Waals surface area contributed by atoms with Gasteiger partial charge in [-0.15, -0.1) is 0 Å². The van der Waals surface area contributed by atoms with E-state index in [1.165, 1.54) is 0 Å². The van der Waals surface area contributed by atoms with Crippen LogP contribution in [0.4, 0.5) is 4.79 Å². The Balaban J connectivity index is 1.92. The summed E-state index contributed by atoms with van der Waals surface area (Å²) in [5, 5.41) is 9.29. The molecular weight excluding hydrogens is 244 g/mol. The molecule has 2 heterocycles. The highest BCUT2D eigenvalue weighted by molar-refractivity contribution is 5.67. The minimum atomic E-state index is -0.278. The van der Waals surface area contributed by atoms with Crippen molar-refractivity contribution in [1.82, 2.24) is 14.8 Å². The quantitative estimate of drug-likeness (QED) is 0.892. The Morgan fingerprint density at radius 3 is 2.79 bits per heavy atom. The second-order valence-electron chi connectivity index (χ2n) is 4.38. The minimum Gasteiger partial charge on any atom is -0.450 e. The second kappa shape index (κ2) is 6.25. The summed E-state index contributed by atoms with van der Waals surface area (Å²) in [4.78, 5) is 18.4. The normalized spacial score (nSPS) is 17.8. The first-order valence-electron chi connectivity index (χ1n) is 6.45. The van der Waals surface area contributed by atoms with Crippen LogP contribution in [-0.4, -0.2) is 53.7 Å². The van der Waals surface area contributed by atoms with Gasteiger partial charge in [0, 0.05) is 38.1 Å². The van der Waals surface area contributed by atoms with Crippen LogP contribution in [-0.2, 0) is 4.74 Å². The summed E-state index contributed by atoms with van der Waals surface area (Å²) in [5.41, 5.74) is 0.895. The smallest absolute Gasteiger partial charge is 0.409 e. The molecule has 1 saturated heterocycles. The number of hydrogen-bond donors (Lipinski definition) is 1. The number of carbonyl (C=O) groups is 1. The summed E-state index contributed by atoms with van der Waals surface area (Å²) in [6.45, 7) is 4.73. The molecule has 1 aliphatic heterocycles. The molecular formula is C13H18N4O2. The van der Waals surface area contributed by atoms with Gasteiger partial charge in [-0.3, -0.25) is 4.90 Å². The Morgan fingerprint density at radius 1 is 1.53 bits per heavy atom. The lowest BCUT2D eigenvalue weighted by Gasteiger charge is -2.35. The molecule has 102 valence electrons. The minimum absolute atomic E-state index is 0.268. The highest BCUT2D eigenvalue weighted by Gasteiger charge is 2.27. The lowest BCUT2D eigenvalue weighted by molar-refractivity contribution is 0.0729. The lowest BCUT2D eigenvalue weighted by Crippen LogP contribution is -2.49. The van der Waals surface area contributed by atoms with Gasteiger partial charge in [0.2, 0.25) is 0 Å². The van der Waals surface area contributed by atoms with Gasteiger partial charge >= 0.3 is 6.09 Å². The molecule has 1 N–H and O–H groups in total.